The van der Waals surface area contributed by atoms with Crippen molar-refractivity contribution >= 4 is 29.1 Å². The van der Waals surface area contributed by atoms with Crippen molar-refractivity contribution in [2.45, 2.75) is 39.7 Å². The number of nitrogens with one attached hydrogen (secondary N) is 2. The number of aryl methyl sites for hydroxylation is 2. The molecule has 160 valence electrons. The highest BCUT2D eigenvalue weighted by atomic mass is 35.5. The van der Waals surface area contributed by atoms with Crippen LogP contribution in [-0.4, -0.2) is 26.6 Å². The fourth-order valence-corrected chi connectivity index (χ4v) is 3.70. The van der Waals surface area contributed by atoms with E-state index in [0.29, 0.717) is 5.82 Å². The summed E-state index contributed by atoms with van der Waals surface area (Å²) >= 11 is 6.24. The Balaban J connectivity index is 1.44. The molecular weight excluding hydrogens is 414 g/mol. The largest absolute Gasteiger partial charge is 0.347 e. The van der Waals surface area contributed by atoms with E-state index in [1.165, 1.54) is 0 Å². The fourth-order valence-electron chi connectivity index (χ4n) is 3.51. The number of pyridine rings is 1. The standard InChI is InChI=1S/C23H24ClN5O2/c1-14-11-15(2)29(28-14)20-10-9-19(24)21(27-20)23(31)25-13-16-5-3-8-18(12-16)26-22(30)17-6-4-7-17/h3,5,8-12,17H,4,6-7,13H2,1-2H3,(H,25,31)(H,26,30). The van der Waals surface area contributed by atoms with Crippen LogP contribution in [0.3, 0.4) is 0 Å². The van der Waals surface area contributed by atoms with Crippen LogP contribution >= 0.6 is 11.6 Å². The molecule has 7 nitrogen and oxygen atoms in total. The van der Waals surface area contributed by atoms with E-state index < -0.39 is 0 Å². The van der Waals surface area contributed by atoms with Gasteiger partial charge in [0.2, 0.25) is 5.91 Å². The lowest BCUT2D eigenvalue weighted by Crippen LogP contribution is -2.28. The van der Waals surface area contributed by atoms with Crippen molar-refractivity contribution in [3.63, 3.8) is 0 Å². The molecule has 0 bridgehead atoms. The molecule has 0 radical (unpaired) electrons. The number of benzene rings is 1. The molecule has 1 aliphatic rings. The first-order valence-corrected chi connectivity index (χ1v) is 10.7. The first-order valence-electron chi connectivity index (χ1n) is 10.3. The molecule has 0 unspecified atom stereocenters. The molecule has 1 aliphatic carbocycles. The molecule has 3 aromatic rings. The maximum absolute atomic E-state index is 12.8. The lowest BCUT2D eigenvalue weighted by Gasteiger charge is -2.24. The zero-order valence-electron chi connectivity index (χ0n) is 17.5. The van der Waals surface area contributed by atoms with E-state index in [9.17, 15) is 9.59 Å². The van der Waals surface area contributed by atoms with Crippen molar-refractivity contribution in [2.24, 2.45) is 5.92 Å². The van der Waals surface area contributed by atoms with Gasteiger partial charge in [-0.25, -0.2) is 9.67 Å². The fraction of sp³-hybridized carbons (Fsp3) is 0.304. The second-order valence-corrected chi connectivity index (χ2v) is 8.25. The summed E-state index contributed by atoms with van der Waals surface area (Å²) in [6.07, 6.45) is 3.01. The summed E-state index contributed by atoms with van der Waals surface area (Å²) in [7, 11) is 0. The molecule has 1 saturated carbocycles. The Labute approximate surface area is 185 Å². The highest BCUT2D eigenvalue weighted by Gasteiger charge is 2.25. The molecule has 0 aliphatic heterocycles. The number of carbonyl (C=O) groups excluding carboxylic acids is 2. The van der Waals surface area contributed by atoms with E-state index in [1.54, 1.807) is 16.8 Å². The van der Waals surface area contributed by atoms with Crippen molar-refractivity contribution in [1.29, 1.82) is 0 Å². The Morgan fingerprint density at radius 2 is 1.97 bits per heavy atom. The number of anilines is 1. The first-order chi connectivity index (χ1) is 14.9. The molecule has 0 atom stereocenters. The Kier molecular flexibility index (Phi) is 6.04. The zero-order valence-corrected chi connectivity index (χ0v) is 18.2. The Bertz CT molecular complexity index is 1140. The van der Waals surface area contributed by atoms with E-state index in [4.69, 9.17) is 11.6 Å². The average Bonchev–Trinajstić information content (AvgIpc) is 3.03. The third kappa shape index (κ3) is 4.77. The minimum absolute atomic E-state index is 0.0596. The van der Waals surface area contributed by atoms with E-state index in [1.807, 2.05) is 44.2 Å². The lowest BCUT2D eigenvalue weighted by molar-refractivity contribution is -0.122. The van der Waals surface area contributed by atoms with Gasteiger partial charge in [0.15, 0.2) is 5.82 Å². The molecule has 31 heavy (non-hydrogen) atoms. The van der Waals surface area contributed by atoms with Gasteiger partial charge in [0.25, 0.3) is 5.91 Å². The van der Waals surface area contributed by atoms with Crippen LogP contribution in [0.25, 0.3) is 5.82 Å². The molecule has 1 aromatic carbocycles. The molecule has 8 heteroatoms. The van der Waals surface area contributed by atoms with Gasteiger partial charge >= 0.3 is 0 Å². The van der Waals surface area contributed by atoms with E-state index in [0.717, 1.165) is 41.9 Å². The summed E-state index contributed by atoms with van der Waals surface area (Å²) in [5.41, 5.74) is 3.52. The van der Waals surface area contributed by atoms with Gasteiger partial charge in [-0.2, -0.15) is 5.10 Å². The SMILES string of the molecule is Cc1cc(C)n(-c2ccc(Cl)c(C(=O)NCc3cccc(NC(=O)C4CCC4)c3)n2)n1. The van der Waals surface area contributed by atoms with Gasteiger partial charge in [-0.3, -0.25) is 9.59 Å². The van der Waals surface area contributed by atoms with E-state index in [2.05, 4.69) is 20.7 Å². The average molecular weight is 438 g/mol. The molecule has 2 N–H and O–H groups in total. The maximum Gasteiger partial charge on any atom is 0.271 e. The van der Waals surface area contributed by atoms with Crippen molar-refractivity contribution in [1.82, 2.24) is 20.1 Å². The predicted octanol–water partition coefficient (Wildman–Crippen LogP) is 4.21. The summed E-state index contributed by atoms with van der Waals surface area (Å²) in [5, 5.41) is 10.5. The van der Waals surface area contributed by atoms with Crippen LogP contribution in [0.2, 0.25) is 5.02 Å². The van der Waals surface area contributed by atoms with Crippen LogP contribution in [0, 0.1) is 19.8 Å². The van der Waals surface area contributed by atoms with Crippen molar-refractivity contribution in [3.05, 3.63) is 70.1 Å². The monoisotopic (exact) mass is 437 g/mol. The normalized spacial score (nSPS) is 13.5. The van der Waals surface area contributed by atoms with Gasteiger partial charge in [0, 0.05) is 23.8 Å². The highest BCUT2D eigenvalue weighted by Crippen LogP contribution is 2.27. The molecule has 0 saturated heterocycles. The third-order valence-corrected chi connectivity index (χ3v) is 5.70. The highest BCUT2D eigenvalue weighted by molar-refractivity contribution is 6.33. The molecule has 0 spiro atoms. The molecule has 2 amide bonds. The first kappa shape index (κ1) is 21.1. The molecule has 2 heterocycles. The van der Waals surface area contributed by atoms with Crippen LogP contribution < -0.4 is 10.6 Å². The number of nitrogens with zero attached hydrogens (tertiary/aromatic N) is 3. The maximum atomic E-state index is 12.8. The second kappa shape index (κ2) is 8.89. The number of halogens is 1. The quantitative estimate of drug-likeness (QED) is 0.604. The van der Waals surface area contributed by atoms with Gasteiger partial charge in [-0.05, 0) is 62.6 Å². The van der Waals surface area contributed by atoms with Gasteiger partial charge in [-0.1, -0.05) is 30.2 Å². The van der Waals surface area contributed by atoms with Gasteiger partial charge in [-0.15, -0.1) is 0 Å². The summed E-state index contributed by atoms with van der Waals surface area (Å²) < 4.78 is 1.68. The molecular formula is C23H24ClN5O2. The minimum Gasteiger partial charge on any atom is -0.347 e. The van der Waals surface area contributed by atoms with Crippen molar-refractivity contribution in [3.8, 4) is 5.82 Å². The van der Waals surface area contributed by atoms with Crippen LogP contribution in [0.4, 0.5) is 5.69 Å². The third-order valence-electron chi connectivity index (χ3n) is 5.40. The summed E-state index contributed by atoms with van der Waals surface area (Å²) in [4.78, 5) is 29.3. The van der Waals surface area contributed by atoms with Gasteiger partial charge in [0.1, 0.15) is 5.69 Å². The molecule has 2 aromatic heterocycles. The second-order valence-electron chi connectivity index (χ2n) is 7.84. The molecule has 1 fully saturated rings. The number of rotatable bonds is 6. The van der Waals surface area contributed by atoms with Crippen LogP contribution in [0.15, 0.2) is 42.5 Å². The number of hydrogen-bond donors (Lipinski definition) is 2. The summed E-state index contributed by atoms with van der Waals surface area (Å²) in [6, 6.07) is 12.8. The topological polar surface area (TPSA) is 88.9 Å². The van der Waals surface area contributed by atoms with Crippen LogP contribution in [-0.2, 0) is 11.3 Å². The minimum atomic E-state index is -0.378. The summed E-state index contributed by atoms with van der Waals surface area (Å²) in [5.74, 6) is 0.327. The van der Waals surface area contributed by atoms with E-state index in [-0.39, 0.29) is 35.0 Å². The van der Waals surface area contributed by atoms with E-state index >= 15 is 0 Å². The van der Waals surface area contributed by atoms with Gasteiger partial charge < -0.3 is 10.6 Å². The van der Waals surface area contributed by atoms with Crippen molar-refractivity contribution < 1.29 is 9.59 Å². The van der Waals surface area contributed by atoms with Crippen LogP contribution in [0.5, 0.6) is 0 Å². The zero-order chi connectivity index (χ0) is 22.0. The van der Waals surface area contributed by atoms with Gasteiger partial charge in [0.05, 0.1) is 10.7 Å². The Morgan fingerprint density at radius 1 is 1.16 bits per heavy atom. The Morgan fingerprint density at radius 3 is 2.65 bits per heavy atom. The number of amides is 2. The smallest absolute Gasteiger partial charge is 0.271 e. The molecule has 4 rings (SSSR count). The summed E-state index contributed by atoms with van der Waals surface area (Å²) in [6.45, 7) is 4.11. The number of aromatic nitrogens is 3. The van der Waals surface area contributed by atoms with Crippen molar-refractivity contribution in [2.75, 3.05) is 5.32 Å². The Hall–Kier alpha value is -3.19. The lowest BCUT2D eigenvalue weighted by atomic mass is 9.85. The predicted molar refractivity (Wildman–Crippen MR) is 119 cm³/mol. The number of carbonyl (C=O) groups is 2. The number of hydrogen-bond acceptors (Lipinski definition) is 4. The van der Waals surface area contributed by atoms with Crippen LogP contribution in [0.1, 0.15) is 46.7 Å².